The molecule has 150 valence electrons. The van der Waals surface area contributed by atoms with Gasteiger partial charge in [0.05, 0.1) is 5.88 Å². The highest BCUT2D eigenvalue weighted by molar-refractivity contribution is 7.99. The van der Waals surface area contributed by atoms with Gasteiger partial charge in [-0.15, -0.1) is 11.8 Å². The van der Waals surface area contributed by atoms with Crippen molar-refractivity contribution in [3.8, 4) is 0 Å². The van der Waals surface area contributed by atoms with Crippen LogP contribution in [0.5, 0.6) is 0 Å². The second kappa shape index (κ2) is 8.69. The quantitative estimate of drug-likeness (QED) is 0.791. The summed E-state index contributed by atoms with van der Waals surface area (Å²) in [4.78, 5) is 40.5. The Balaban J connectivity index is 1.31. The summed E-state index contributed by atoms with van der Waals surface area (Å²) in [5, 5.41) is 2.93. The standard InChI is InChI=1S/C22H23N3O3S/c26-20-13-24(22(28)19-14-29-15-25(19)20)12-17-6-8-18(9-7-17)21(27)23-11-10-16-4-2-1-3-5-16/h1-9,19H,10-15H2,(H,23,27). The minimum Gasteiger partial charge on any atom is -0.352 e. The Morgan fingerprint density at radius 3 is 2.55 bits per heavy atom. The van der Waals surface area contributed by atoms with Crippen LogP contribution < -0.4 is 5.32 Å². The monoisotopic (exact) mass is 409 g/mol. The van der Waals surface area contributed by atoms with Crippen molar-refractivity contribution >= 4 is 29.5 Å². The van der Waals surface area contributed by atoms with Gasteiger partial charge in [0.15, 0.2) is 0 Å². The minimum atomic E-state index is -0.323. The summed E-state index contributed by atoms with van der Waals surface area (Å²) in [5.74, 6) is 1.18. The van der Waals surface area contributed by atoms with E-state index in [1.807, 2.05) is 42.5 Å². The molecule has 0 saturated carbocycles. The minimum absolute atomic E-state index is 0.00835. The molecule has 2 aromatic carbocycles. The van der Waals surface area contributed by atoms with E-state index in [9.17, 15) is 14.4 Å². The number of nitrogens with one attached hydrogen (secondary N) is 1. The average Bonchev–Trinajstić information content (AvgIpc) is 3.24. The molecule has 1 atom stereocenters. The van der Waals surface area contributed by atoms with E-state index >= 15 is 0 Å². The van der Waals surface area contributed by atoms with Crippen molar-refractivity contribution in [1.29, 1.82) is 0 Å². The van der Waals surface area contributed by atoms with Gasteiger partial charge in [0.25, 0.3) is 5.91 Å². The van der Waals surface area contributed by atoms with Gasteiger partial charge in [-0.3, -0.25) is 14.4 Å². The average molecular weight is 410 g/mol. The zero-order chi connectivity index (χ0) is 20.2. The number of nitrogens with zero attached hydrogens (tertiary/aromatic N) is 2. The van der Waals surface area contributed by atoms with Crippen molar-refractivity contribution in [3.05, 3.63) is 71.3 Å². The Kier molecular flexibility index (Phi) is 5.85. The Hall–Kier alpha value is -2.80. The van der Waals surface area contributed by atoms with Gasteiger partial charge in [-0.1, -0.05) is 42.5 Å². The number of rotatable bonds is 6. The normalized spacial score (nSPS) is 18.7. The maximum absolute atomic E-state index is 12.6. The van der Waals surface area contributed by atoms with Crippen molar-refractivity contribution in [2.75, 3.05) is 24.7 Å². The molecule has 2 aliphatic heterocycles. The number of benzene rings is 2. The third kappa shape index (κ3) is 4.45. The van der Waals surface area contributed by atoms with Crippen molar-refractivity contribution in [2.24, 2.45) is 0 Å². The van der Waals surface area contributed by atoms with Crippen molar-refractivity contribution in [2.45, 2.75) is 19.0 Å². The highest BCUT2D eigenvalue weighted by atomic mass is 32.2. The number of hydrogen-bond donors (Lipinski definition) is 1. The molecule has 2 aromatic rings. The number of carbonyl (C=O) groups excluding carboxylic acids is 3. The molecule has 0 aliphatic carbocycles. The SMILES string of the molecule is O=C(NCCc1ccccc1)c1ccc(CN2CC(=O)N3CSCC3C2=O)cc1. The van der Waals surface area contributed by atoms with Crippen LogP contribution in [0, 0.1) is 0 Å². The molecule has 2 fully saturated rings. The summed E-state index contributed by atoms with van der Waals surface area (Å²) in [7, 11) is 0. The van der Waals surface area contributed by atoms with Crippen LogP contribution in [-0.2, 0) is 22.6 Å². The molecule has 2 heterocycles. The third-order valence-corrected chi connectivity index (χ3v) is 6.27. The van der Waals surface area contributed by atoms with Gasteiger partial charge >= 0.3 is 0 Å². The van der Waals surface area contributed by atoms with Crippen LogP contribution in [0.15, 0.2) is 54.6 Å². The fourth-order valence-corrected chi connectivity index (χ4v) is 4.79. The Labute approximate surface area is 174 Å². The predicted octanol–water partition coefficient (Wildman–Crippen LogP) is 1.90. The van der Waals surface area contributed by atoms with Crippen LogP contribution in [0.2, 0.25) is 0 Å². The Morgan fingerprint density at radius 2 is 1.79 bits per heavy atom. The molecule has 7 heteroatoms. The fourth-order valence-electron chi connectivity index (χ4n) is 3.62. The molecular formula is C22H23N3O3S. The number of thioether (sulfide) groups is 1. The van der Waals surface area contributed by atoms with E-state index in [2.05, 4.69) is 5.32 Å². The first-order valence-electron chi connectivity index (χ1n) is 9.69. The molecule has 0 bridgehead atoms. The lowest BCUT2D eigenvalue weighted by Gasteiger charge is -2.35. The van der Waals surface area contributed by atoms with Crippen molar-refractivity contribution < 1.29 is 14.4 Å². The lowest BCUT2D eigenvalue weighted by molar-refractivity contribution is -0.153. The number of fused-ring (bicyclic) bond motifs is 1. The van der Waals surface area contributed by atoms with E-state index in [4.69, 9.17) is 0 Å². The molecular weight excluding hydrogens is 386 g/mol. The molecule has 6 nitrogen and oxygen atoms in total. The van der Waals surface area contributed by atoms with Crippen molar-refractivity contribution in [3.63, 3.8) is 0 Å². The zero-order valence-corrected chi connectivity index (χ0v) is 16.9. The van der Waals surface area contributed by atoms with Crippen LogP contribution in [0.25, 0.3) is 0 Å². The van der Waals surface area contributed by atoms with Gasteiger partial charge in [-0.05, 0) is 29.7 Å². The van der Waals surface area contributed by atoms with Crippen LogP contribution in [0.4, 0.5) is 0 Å². The van der Waals surface area contributed by atoms with Crippen LogP contribution in [0.1, 0.15) is 21.5 Å². The van der Waals surface area contributed by atoms with Gasteiger partial charge in [0, 0.05) is 24.4 Å². The summed E-state index contributed by atoms with van der Waals surface area (Å²) in [6.45, 7) is 1.08. The summed E-state index contributed by atoms with van der Waals surface area (Å²) in [5.41, 5.74) is 2.68. The van der Waals surface area contributed by atoms with Gasteiger partial charge in [-0.2, -0.15) is 0 Å². The fraction of sp³-hybridized carbons (Fsp3) is 0.318. The van der Waals surface area contributed by atoms with Crippen LogP contribution in [-0.4, -0.2) is 58.3 Å². The van der Waals surface area contributed by atoms with E-state index in [-0.39, 0.29) is 30.3 Å². The lowest BCUT2D eigenvalue weighted by Crippen LogP contribution is -2.57. The molecule has 2 aliphatic rings. The Bertz CT molecular complexity index is 901. The molecule has 2 saturated heterocycles. The van der Waals surface area contributed by atoms with Gasteiger partial charge in [0.1, 0.15) is 12.6 Å². The molecule has 0 spiro atoms. The molecule has 0 aromatic heterocycles. The van der Waals surface area contributed by atoms with Crippen LogP contribution in [0.3, 0.4) is 0 Å². The summed E-state index contributed by atoms with van der Waals surface area (Å²) >= 11 is 1.62. The molecule has 29 heavy (non-hydrogen) atoms. The van der Waals surface area contributed by atoms with Gasteiger partial charge in [0.2, 0.25) is 11.8 Å². The van der Waals surface area contributed by atoms with E-state index in [1.165, 1.54) is 5.56 Å². The number of piperazine rings is 1. The maximum Gasteiger partial charge on any atom is 0.251 e. The molecule has 3 amide bonds. The number of amides is 3. The van der Waals surface area contributed by atoms with E-state index in [0.29, 0.717) is 30.3 Å². The molecule has 1 unspecified atom stereocenters. The Morgan fingerprint density at radius 1 is 1.03 bits per heavy atom. The largest absolute Gasteiger partial charge is 0.352 e. The second-order valence-electron chi connectivity index (χ2n) is 7.26. The topological polar surface area (TPSA) is 69.7 Å². The first-order valence-corrected chi connectivity index (χ1v) is 10.8. The highest BCUT2D eigenvalue weighted by Crippen LogP contribution is 2.26. The second-order valence-corrected chi connectivity index (χ2v) is 8.26. The van der Waals surface area contributed by atoms with Crippen LogP contribution >= 0.6 is 11.8 Å². The first-order chi connectivity index (χ1) is 14.1. The summed E-state index contributed by atoms with van der Waals surface area (Å²) < 4.78 is 0. The number of hydrogen-bond acceptors (Lipinski definition) is 4. The predicted molar refractivity (Wildman–Crippen MR) is 112 cm³/mol. The molecule has 0 radical (unpaired) electrons. The lowest BCUT2D eigenvalue weighted by atomic mass is 10.1. The number of carbonyl (C=O) groups is 3. The highest BCUT2D eigenvalue weighted by Gasteiger charge is 2.42. The van der Waals surface area contributed by atoms with Gasteiger partial charge < -0.3 is 15.1 Å². The molecule has 1 N–H and O–H groups in total. The zero-order valence-electron chi connectivity index (χ0n) is 16.0. The van der Waals surface area contributed by atoms with E-state index in [1.54, 1.807) is 33.7 Å². The molecule has 4 rings (SSSR count). The third-order valence-electron chi connectivity index (χ3n) is 5.26. The first kappa shape index (κ1) is 19.5. The summed E-state index contributed by atoms with van der Waals surface area (Å²) in [6.07, 6.45) is 0.784. The van der Waals surface area contributed by atoms with Crippen molar-refractivity contribution in [1.82, 2.24) is 15.1 Å². The van der Waals surface area contributed by atoms with E-state index in [0.717, 1.165) is 12.0 Å². The van der Waals surface area contributed by atoms with Gasteiger partial charge in [-0.25, -0.2) is 0 Å². The maximum atomic E-state index is 12.6. The smallest absolute Gasteiger partial charge is 0.251 e. The van der Waals surface area contributed by atoms with E-state index < -0.39 is 0 Å². The summed E-state index contributed by atoms with van der Waals surface area (Å²) in [6, 6.07) is 16.9.